The van der Waals surface area contributed by atoms with E-state index in [0.29, 0.717) is 43.8 Å². The number of likely N-dealkylation sites (tertiary alicyclic amines) is 2. The summed E-state index contributed by atoms with van der Waals surface area (Å²) in [4.78, 5) is 42.3. The number of amides is 3. The Bertz CT molecular complexity index is 973. The van der Waals surface area contributed by atoms with E-state index < -0.39 is 11.4 Å². The third-order valence-corrected chi connectivity index (χ3v) is 10.1. The summed E-state index contributed by atoms with van der Waals surface area (Å²) in [5.74, 6) is 1.46. The number of nitrogens with zero attached hydrogens (tertiary/aromatic N) is 2. The molecule has 10 nitrogen and oxygen atoms in total. The number of hydrogen-bond acceptors (Lipinski definition) is 7. The first kappa shape index (κ1) is 32.5. The number of piperidine rings is 1. The number of fused-ring (bicyclic) bond motifs is 1. The fourth-order valence-electron chi connectivity index (χ4n) is 8.07. The first-order chi connectivity index (χ1) is 20.3. The lowest BCUT2D eigenvalue weighted by molar-refractivity contribution is -0.162. The SMILES string of the molecule is CC(C)(C)OC(=O)NCC1CCCC(C2CCN(C(=O)C3CCCC(OCC(=O)N4C[C@@H]5OC(C)(C)O[C@@H]5C4)C3)CC2)C1. The van der Waals surface area contributed by atoms with Gasteiger partial charge in [-0.05, 0) is 97.3 Å². The molecule has 5 rings (SSSR count). The van der Waals surface area contributed by atoms with Crippen LogP contribution in [0.5, 0.6) is 0 Å². The summed E-state index contributed by atoms with van der Waals surface area (Å²) in [5.41, 5.74) is -0.480. The molecule has 6 atom stereocenters. The molecule has 0 spiro atoms. The molecule has 3 aliphatic heterocycles. The van der Waals surface area contributed by atoms with E-state index in [2.05, 4.69) is 10.2 Å². The van der Waals surface area contributed by atoms with Gasteiger partial charge in [0.2, 0.25) is 11.8 Å². The molecule has 0 aromatic carbocycles. The first-order valence-electron chi connectivity index (χ1n) is 16.9. The van der Waals surface area contributed by atoms with Crippen LogP contribution in [0.15, 0.2) is 0 Å². The lowest BCUT2D eigenvalue weighted by atomic mass is 9.72. The van der Waals surface area contributed by atoms with Crippen LogP contribution >= 0.6 is 0 Å². The van der Waals surface area contributed by atoms with E-state index in [-0.39, 0.29) is 48.7 Å². The molecule has 43 heavy (non-hydrogen) atoms. The monoisotopic (exact) mass is 605 g/mol. The molecule has 4 unspecified atom stereocenters. The largest absolute Gasteiger partial charge is 0.444 e. The minimum atomic E-state index is -0.582. The summed E-state index contributed by atoms with van der Waals surface area (Å²) >= 11 is 0. The topological polar surface area (TPSA) is 107 Å². The molecule has 10 heteroatoms. The Morgan fingerprint density at radius 2 is 1.53 bits per heavy atom. The summed E-state index contributed by atoms with van der Waals surface area (Å²) in [5, 5.41) is 2.98. The quantitative estimate of drug-likeness (QED) is 0.456. The van der Waals surface area contributed by atoms with Crippen molar-refractivity contribution in [2.24, 2.45) is 23.7 Å². The molecule has 0 aromatic rings. The lowest BCUT2D eigenvalue weighted by Crippen LogP contribution is -2.45. The number of hydrogen-bond donors (Lipinski definition) is 1. The van der Waals surface area contributed by atoms with Gasteiger partial charge in [-0.3, -0.25) is 9.59 Å². The van der Waals surface area contributed by atoms with Crippen LogP contribution in [-0.4, -0.2) is 96.7 Å². The summed E-state index contributed by atoms with van der Waals surface area (Å²) < 4.78 is 23.3. The van der Waals surface area contributed by atoms with Crippen molar-refractivity contribution in [1.82, 2.24) is 15.1 Å². The molecule has 3 amide bonds. The maximum absolute atomic E-state index is 13.5. The summed E-state index contributed by atoms with van der Waals surface area (Å²) in [6, 6.07) is 0. The Morgan fingerprint density at radius 3 is 2.21 bits per heavy atom. The van der Waals surface area contributed by atoms with Crippen LogP contribution in [0.2, 0.25) is 0 Å². The highest BCUT2D eigenvalue weighted by Gasteiger charge is 2.48. The average molecular weight is 606 g/mol. The van der Waals surface area contributed by atoms with Crippen molar-refractivity contribution in [3.63, 3.8) is 0 Å². The molecule has 2 saturated carbocycles. The maximum atomic E-state index is 13.5. The van der Waals surface area contributed by atoms with Crippen molar-refractivity contribution in [2.75, 3.05) is 39.3 Å². The van der Waals surface area contributed by atoms with Gasteiger partial charge >= 0.3 is 6.09 Å². The second-order valence-electron chi connectivity index (χ2n) is 15.1. The van der Waals surface area contributed by atoms with Crippen LogP contribution in [0, 0.1) is 23.7 Å². The van der Waals surface area contributed by atoms with Gasteiger partial charge < -0.3 is 34.1 Å². The van der Waals surface area contributed by atoms with Gasteiger partial charge in [0.15, 0.2) is 5.79 Å². The maximum Gasteiger partial charge on any atom is 0.407 e. The van der Waals surface area contributed by atoms with Crippen molar-refractivity contribution >= 4 is 17.9 Å². The highest BCUT2D eigenvalue weighted by Crippen LogP contribution is 2.39. The zero-order chi connectivity index (χ0) is 30.8. The number of ether oxygens (including phenoxy) is 4. The van der Waals surface area contributed by atoms with Crippen molar-refractivity contribution < 1.29 is 33.3 Å². The number of carbonyl (C=O) groups is 3. The number of carbonyl (C=O) groups excluding carboxylic acids is 3. The van der Waals surface area contributed by atoms with E-state index in [1.54, 1.807) is 4.90 Å². The normalized spacial score (nSPS) is 33.2. The fraction of sp³-hybridized carbons (Fsp3) is 0.909. The molecule has 1 N–H and O–H groups in total. The standard InChI is InChI=1S/C33H55N3O7/c1-32(2,3)43-31(39)34-18-22-8-6-9-24(16-22)23-12-14-35(15-13-23)30(38)25-10-7-11-26(17-25)40-21-29(37)36-19-27-28(20-36)42-33(4,5)41-27/h22-28H,6-21H2,1-5H3,(H,34,39)/t22?,24?,25?,26?,27-,28+. The van der Waals surface area contributed by atoms with Crippen LogP contribution in [0.1, 0.15) is 98.8 Å². The molecule has 0 bridgehead atoms. The van der Waals surface area contributed by atoms with E-state index in [0.717, 1.165) is 58.0 Å². The Morgan fingerprint density at radius 1 is 0.860 bits per heavy atom. The second kappa shape index (κ2) is 13.6. The molecule has 5 fully saturated rings. The van der Waals surface area contributed by atoms with Crippen molar-refractivity contribution in [3.05, 3.63) is 0 Å². The molecule has 2 aliphatic carbocycles. The predicted molar refractivity (Wildman–Crippen MR) is 161 cm³/mol. The van der Waals surface area contributed by atoms with Crippen LogP contribution in [0.25, 0.3) is 0 Å². The van der Waals surface area contributed by atoms with Gasteiger partial charge in [0.25, 0.3) is 0 Å². The minimum Gasteiger partial charge on any atom is -0.444 e. The van der Waals surface area contributed by atoms with Crippen molar-refractivity contribution in [3.8, 4) is 0 Å². The molecule has 0 radical (unpaired) electrons. The number of alkyl carbamates (subject to hydrolysis) is 1. The van der Waals surface area contributed by atoms with Crippen LogP contribution in [0.4, 0.5) is 4.79 Å². The van der Waals surface area contributed by atoms with Gasteiger partial charge in [-0.1, -0.05) is 19.3 Å². The average Bonchev–Trinajstić information content (AvgIpc) is 3.48. The highest BCUT2D eigenvalue weighted by atomic mass is 16.8. The van der Waals surface area contributed by atoms with E-state index in [1.165, 1.54) is 12.8 Å². The zero-order valence-corrected chi connectivity index (χ0v) is 27.1. The molecule has 3 heterocycles. The van der Waals surface area contributed by atoms with Gasteiger partial charge in [0.1, 0.15) is 24.4 Å². The third kappa shape index (κ3) is 8.85. The third-order valence-electron chi connectivity index (χ3n) is 10.1. The molecular weight excluding hydrogens is 550 g/mol. The molecule has 0 aromatic heterocycles. The van der Waals surface area contributed by atoms with Crippen LogP contribution < -0.4 is 5.32 Å². The fourth-order valence-corrected chi connectivity index (χ4v) is 8.07. The van der Waals surface area contributed by atoms with Crippen molar-refractivity contribution in [2.45, 2.75) is 129 Å². The first-order valence-corrected chi connectivity index (χ1v) is 16.9. The number of nitrogens with one attached hydrogen (secondary N) is 1. The predicted octanol–water partition coefficient (Wildman–Crippen LogP) is 4.49. The minimum absolute atomic E-state index is 0.0152. The van der Waals surface area contributed by atoms with Gasteiger partial charge in [-0.25, -0.2) is 4.79 Å². The Balaban J connectivity index is 1.00. The highest BCUT2D eigenvalue weighted by molar-refractivity contribution is 5.79. The number of rotatable bonds is 7. The Labute approximate surface area is 257 Å². The van der Waals surface area contributed by atoms with Gasteiger partial charge in [-0.15, -0.1) is 0 Å². The Hall–Kier alpha value is -1.91. The molecule has 244 valence electrons. The summed E-state index contributed by atoms with van der Waals surface area (Å²) in [6.45, 7) is 13.0. The van der Waals surface area contributed by atoms with E-state index in [4.69, 9.17) is 18.9 Å². The van der Waals surface area contributed by atoms with Gasteiger partial charge in [-0.2, -0.15) is 0 Å². The van der Waals surface area contributed by atoms with Gasteiger partial charge in [0, 0.05) is 38.6 Å². The molecular formula is C33H55N3O7. The zero-order valence-electron chi connectivity index (χ0n) is 27.1. The van der Waals surface area contributed by atoms with Crippen LogP contribution in [-0.2, 0) is 28.5 Å². The molecule has 3 saturated heterocycles. The smallest absolute Gasteiger partial charge is 0.407 e. The lowest BCUT2D eigenvalue weighted by Gasteiger charge is -2.41. The van der Waals surface area contributed by atoms with E-state index >= 15 is 0 Å². The van der Waals surface area contributed by atoms with Crippen LogP contribution in [0.3, 0.4) is 0 Å². The van der Waals surface area contributed by atoms with E-state index in [9.17, 15) is 14.4 Å². The van der Waals surface area contributed by atoms with Gasteiger partial charge in [0.05, 0.1) is 6.10 Å². The summed E-state index contributed by atoms with van der Waals surface area (Å²) in [6.07, 6.45) is 9.82. The van der Waals surface area contributed by atoms with Crippen molar-refractivity contribution in [1.29, 1.82) is 0 Å². The summed E-state index contributed by atoms with van der Waals surface area (Å²) in [7, 11) is 0. The van der Waals surface area contributed by atoms with E-state index in [1.807, 2.05) is 34.6 Å². The Kier molecular flexibility index (Phi) is 10.3. The molecule has 5 aliphatic rings. The second-order valence-corrected chi connectivity index (χ2v) is 15.1.